The van der Waals surface area contributed by atoms with E-state index in [2.05, 4.69) is 5.32 Å². The molecule has 0 unspecified atom stereocenters. The van der Waals surface area contributed by atoms with Crippen LogP contribution in [0.1, 0.15) is 12.8 Å². The van der Waals surface area contributed by atoms with Gasteiger partial charge in [0.2, 0.25) is 11.8 Å². The predicted molar refractivity (Wildman–Crippen MR) is 38.0 cm³/mol. The molecule has 3 heterocycles. The van der Waals surface area contributed by atoms with E-state index in [0.717, 1.165) is 12.8 Å². The molecule has 2 amide bonds. The van der Waals surface area contributed by atoms with Crippen LogP contribution in [0.15, 0.2) is 0 Å². The summed E-state index contributed by atoms with van der Waals surface area (Å²) in [5.74, 6) is -0.595. The number of hydrogen-bond donors (Lipinski definition) is 1. The summed E-state index contributed by atoms with van der Waals surface area (Å²) in [5, 5.41) is 2.36. The van der Waals surface area contributed by atoms with E-state index in [-0.39, 0.29) is 35.9 Å². The zero-order valence-electron chi connectivity index (χ0n) is 6.45. The lowest BCUT2D eigenvalue weighted by Gasteiger charge is -2.15. The number of carbonyl (C=O) groups excluding carboxylic acids is 2. The third-order valence-electron chi connectivity index (χ3n) is 3.13. The van der Waals surface area contributed by atoms with Crippen molar-refractivity contribution in [1.82, 2.24) is 5.32 Å². The quantitative estimate of drug-likeness (QED) is 0.492. The molecule has 0 aromatic carbocycles. The van der Waals surface area contributed by atoms with Crippen LogP contribution in [0.25, 0.3) is 0 Å². The highest BCUT2D eigenvalue weighted by Crippen LogP contribution is 2.45. The number of carbonyl (C=O) groups is 2. The Balaban J connectivity index is 2.03. The van der Waals surface area contributed by atoms with Gasteiger partial charge in [-0.3, -0.25) is 14.9 Å². The number of nitrogens with one attached hydrogen (secondary N) is 1. The molecule has 4 atom stereocenters. The first kappa shape index (κ1) is 6.60. The van der Waals surface area contributed by atoms with Gasteiger partial charge in [-0.1, -0.05) is 0 Å². The number of hydrogen-bond acceptors (Lipinski definition) is 3. The SMILES string of the molecule is O=C1NC(=O)[C@H]2[C@H]1[C@@H]1CC[C@H]2O1. The van der Waals surface area contributed by atoms with Gasteiger partial charge in [0.1, 0.15) is 0 Å². The smallest absolute Gasteiger partial charge is 0.233 e. The van der Waals surface area contributed by atoms with Gasteiger partial charge >= 0.3 is 0 Å². The Bertz CT molecular complexity index is 249. The molecule has 0 aliphatic carbocycles. The molecular weight excluding hydrogens is 158 g/mol. The molecule has 3 aliphatic heterocycles. The highest BCUT2D eigenvalue weighted by Gasteiger charge is 2.59. The fraction of sp³-hybridized carbons (Fsp3) is 0.750. The maximum Gasteiger partial charge on any atom is 0.233 e. The van der Waals surface area contributed by atoms with Crippen LogP contribution in [-0.2, 0) is 14.3 Å². The van der Waals surface area contributed by atoms with Gasteiger partial charge in [0.25, 0.3) is 0 Å². The van der Waals surface area contributed by atoms with Crippen LogP contribution >= 0.6 is 0 Å². The maximum atomic E-state index is 11.2. The van der Waals surface area contributed by atoms with Gasteiger partial charge < -0.3 is 4.74 Å². The molecule has 3 saturated heterocycles. The Morgan fingerprint density at radius 1 is 1.08 bits per heavy atom. The van der Waals surface area contributed by atoms with E-state index in [0.29, 0.717) is 0 Å². The number of rotatable bonds is 0. The predicted octanol–water partition coefficient (Wildman–Crippen LogP) is -0.564. The largest absolute Gasteiger partial charge is 0.373 e. The Kier molecular flexibility index (Phi) is 1.03. The van der Waals surface area contributed by atoms with Gasteiger partial charge in [0.05, 0.1) is 24.0 Å². The number of imide groups is 1. The van der Waals surface area contributed by atoms with Gasteiger partial charge in [-0.15, -0.1) is 0 Å². The summed E-state index contributed by atoms with van der Waals surface area (Å²) >= 11 is 0. The monoisotopic (exact) mass is 167 g/mol. The molecule has 12 heavy (non-hydrogen) atoms. The summed E-state index contributed by atoms with van der Waals surface area (Å²) < 4.78 is 5.50. The lowest BCUT2D eigenvalue weighted by Crippen LogP contribution is -2.29. The van der Waals surface area contributed by atoms with E-state index >= 15 is 0 Å². The average Bonchev–Trinajstić information content (AvgIpc) is 2.64. The molecule has 64 valence electrons. The maximum absolute atomic E-state index is 11.2. The number of ether oxygens (including phenoxy) is 1. The molecule has 2 bridgehead atoms. The van der Waals surface area contributed by atoms with Crippen molar-refractivity contribution in [2.45, 2.75) is 25.0 Å². The van der Waals surface area contributed by atoms with Crippen LogP contribution in [0.4, 0.5) is 0 Å². The summed E-state index contributed by atoms with van der Waals surface area (Å²) in [5.41, 5.74) is 0. The first-order valence-electron chi connectivity index (χ1n) is 4.27. The second kappa shape index (κ2) is 1.88. The molecule has 4 heteroatoms. The lowest BCUT2D eigenvalue weighted by atomic mass is 9.81. The zero-order valence-corrected chi connectivity index (χ0v) is 6.45. The van der Waals surface area contributed by atoms with E-state index in [4.69, 9.17) is 4.74 Å². The van der Waals surface area contributed by atoms with Crippen molar-refractivity contribution >= 4 is 11.8 Å². The van der Waals surface area contributed by atoms with Crippen molar-refractivity contribution in [2.75, 3.05) is 0 Å². The molecule has 3 fully saturated rings. The lowest BCUT2D eigenvalue weighted by molar-refractivity contribution is -0.128. The molecule has 0 aromatic rings. The zero-order chi connectivity index (χ0) is 8.29. The van der Waals surface area contributed by atoms with Crippen LogP contribution in [0.3, 0.4) is 0 Å². The number of fused-ring (bicyclic) bond motifs is 5. The van der Waals surface area contributed by atoms with E-state index < -0.39 is 0 Å². The second-order valence-corrected chi connectivity index (χ2v) is 3.70. The summed E-state index contributed by atoms with van der Waals surface area (Å²) in [6, 6.07) is 0. The summed E-state index contributed by atoms with van der Waals surface area (Å²) in [7, 11) is 0. The van der Waals surface area contributed by atoms with Crippen molar-refractivity contribution < 1.29 is 14.3 Å². The van der Waals surface area contributed by atoms with Gasteiger partial charge in [0, 0.05) is 0 Å². The van der Waals surface area contributed by atoms with Crippen LogP contribution in [-0.4, -0.2) is 24.0 Å². The van der Waals surface area contributed by atoms with Crippen LogP contribution in [0.2, 0.25) is 0 Å². The first-order valence-corrected chi connectivity index (χ1v) is 4.27. The molecule has 4 nitrogen and oxygen atoms in total. The molecule has 0 radical (unpaired) electrons. The minimum atomic E-state index is -0.170. The molecule has 3 aliphatic rings. The summed E-state index contributed by atoms with van der Waals surface area (Å²) in [4.78, 5) is 22.5. The fourth-order valence-corrected chi connectivity index (χ4v) is 2.63. The van der Waals surface area contributed by atoms with Gasteiger partial charge in [-0.25, -0.2) is 0 Å². The van der Waals surface area contributed by atoms with E-state index in [1.54, 1.807) is 0 Å². The summed E-state index contributed by atoms with van der Waals surface area (Å²) in [6.07, 6.45) is 1.91. The first-order chi connectivity index (χ1) is 5.77. The van der Waals surface area contributed by atoms with Crippen LogP contribution in [0.5, 0.6) is 0 Å². The second-order valence-electron chi connectivity index (χ2n) is 3.70. The highest BCUT2D eigenvalue weighted by molar-refractivity contribution is 6.06. The molecular formula is C8H9NO3. The average molecular weight is 167 g/mol. The standard InChI is InChI=1S/C8H9NO3/c10-7-5-3-1-2-4(12-3)6(5)8(11)9-7/h3-6H,1-2H2,(H,9,10,11)/t3-,4+,5-,6-/m1/s1. The third kappa shape index (κ3) is 0.579. The topological polar surface area (TPSA) is 55.4 Å². The fourth-order valence-electron chi connectivity index (χ4n) is 2.63. The Hall–Kier alpha value is -0.900. The van der Waals surface area contributed by atoms with Crippen LogP contribution in [0, 0.1) is 11.8 Å². The van der Waals surface area contributed by atoms with Gasteiger partial charge in [-0.05, 0) is 12.8 Å². The van der Waals surface area contributed by atoms with Crippen molar-refractivity contribution in [2.24, 2.45) is 11.8 Å². The third-order valence-corrected chi connectivity index (χ3v) is 3.13. The molecule has 0 saturated carbocycles. The number of amides is 2. The minimum Gasteiger partial charge on any atom is -0.373 e. The Labute approximate surface area is 69.3 Å². The minimum absolute atomic E-state index is 0.0199. The highest BCUT2D eigenvalue weighted by atomic mass is 16.5. The van der Waals surface area contributed by atoms with Gasteiger partial charge in [0.15, 0.2) is 0 Å². The van der Waals surface area contributed by atoms with Crippen LogP contribution < -0.4 is 5.32 Å². The van der Waals surface area contributed by atoms with E-state index in [9.17, 15) is 9.59 Å². The molecule has 1 N–H and O–H groups in total. The molecule has 0 spiro atoms. The van der Waals surface area contributed by atoms with Gasteiger partial charge in [-0.2, -0.15) is 0 Å². The molecule has 0 aromatic heterocycles. The van der Waals surface area contributed by atoms with E-state index in [1.165, 1.54) is 0 Å². The van der Waals surface area contributed by atoms with E-state index in [1.807, 2.05) is 0 Å². The van der Waals surface area contributed by atoms with Crippen molar-refractivity contribution in [3.05, 3.63) is 0 Å². The Morgan fingerprint density at radius 3 is 2.08 bits per heavy atom. The normalized spacial score (nSPS) is 49.7. The Morgan fingerprint density at radius 2 is 1.58 bits per heavy atom. The van der Waals surface area contributed by atoms with Crippen molar-refractivity contribution in [3.8, 4) is 0 Å². The van der Waals surface area contributed by atoms with Crippen molar-refractivity contribution in [1.29, 1.82) is 0 Å². The molecule has 3 rings (SSSR count). The summed E-state index contributed by atoms with van der Waals surface area (Å²) in [6.45, 7) is 0. The van der Waals surface area contributed by atoms with Crippen molar-refractivity contribution in [3.63, 3.8) is 0 Å².